The Balaban J connectivity index is 2.47. The lowest BCUT2D eigenvalue weighted by molar-refractivity contribution is -0.132. The lowest BCUT2D eigenvalue weighted by Crippen LogP contribution is -1.97. The maximum absolute atomic E-state index is 10.7. The molecule has 0 amide bonds. The number of nitrogens with zero attached hydrogens (tertiary/aromatic N) is 1. The molecule has 6 heteroatoms. The first-order valence-corrected chi connectivity index (χ1v) is 4.94. The molecule has 0 saturated heterocycles. The van der Waals surface area contributed by atoms with Crippen molar-refractivity contribution in [2.24, 2.45) is 0 Å². The number of carbonyl (C=O) groups is 1. The number of halogens is 1. The third-order valence-corrected chi connectivity index (χ3v) is 2.47. The molecule has 1 N–H and O–H groups in total. The van der Waals surface area contributed by atoms with E-state index in [0.717, 1.165) is 0 Å². The van der Waals surface area contributed by atoms with Crippen LogP contribution in [0.1, 0.15) is 5.56 Å². The first kappa shape index (κ1) is 11.3. The van der Waals surface area contributed by atoms with Crippen LogP contribution in [0.3, 0.4) is 0 Å². The van der Waals surface area contributed by atoms with Gasteiger partial charge < -0.3 is 14.6 Å². The van der Waals surface area contributed by atoms with Gasteiger partial charge in [0.25, 0.3) is 0 Å². The van der Waals surface area contributed by atoms with Crippen LogP contribution in [0, 0.1) is 11.3 Å². The van der Waals surface area contributed by atoms with Gasteiger partial charge in [-0.2, -0.15) is 5.26 Å². The molecule has 0 aliphatic carbocycles. The second kappa shape index (κ2) is 4.36. The summed E-state index contributed by atoms with van der Waals surface area (Å²) in [5.41, 5.74) is 0.000585. The van der Waals surface area contributed by atoms with Crippen LogP contribution in [-0.2, 0) is 4.79 Å². The van der Waals surface area contributed by atoms with Crippen molar-refractivity contribution in [3.8, 4) is 17.6 Å². The van der Waals surface area contributed by atoms with E-state index in [4.69, 9.17) is 31.4 Å². The van der Waals surface area contributed by atoms with Gasteiger partial charge in [0.05, 0.1) is 5.02 Å². The number of rotatable bonds is 2. The molecule has 0 fully saturated rings. The number of nitriles is 1. The fourth-order valence-electron chi connectivity index (χ4n) is 1.34. The van der Waals surface area contributed by atoms with E-state index >= 15 is 0 Å². The molecular formula is C11H6ClNO4. The van der Waals surface area contributed by atoms with E-state index in [2.05, 4.69) is 0 Å². The van der Waals surface area contributed by atoms with Crippen molar-refractivity contribution in [1.29, 1.82) is 5.26 Å². The zero-order valence-corrected chi connectivity index (χ0v) is 9.19. The lowest BCUT2D eigenvalue weighted by atomic mass is 10.1. The number of aliphatic carboxylic acids is 1. The summed E-state index contributed by atoms with van der Waals surface area (Å²) in [6, 6.07) is 4.63. The normalized spacial score (nSPS) is 13.3. The fraction of sp³-hybridized carbons (Fsp3) is 0.0909. The Bertz CT molecular complexity index is 559. The summed E-state index contributed by atoms with van der Waals surface area (Å²) in [6.07, 6.45) is 1.19. The van der Waals surface area contributed by atoms with Gasteiger partial charge in [0.15, 0.2) is 11.5 Å². The Hall–Kier alpha value is -2.19. The highest BCUT2D eigenvalue weighted by molar-refractivity contribution is 6.32. The standard InChI is InChI=1S/C11H6ClNO4/c12-8-3-10-9(16-5-17-10)2-6(8)1-7(4-13)11(14)15/h1-3H,5H2,(H,14,15). The Morgan fingerprint density at radius 3 is 2.71 bits per heavy atom. The van der Waals surface area contributed by atoms with Crippen molar-refractivity contribution < 1.29 is 19.4 Å². The number of hydrogen-bond acceptors (Lipinski definition) is 4. The second-order valence-electron chi connectivity index (χ2n) is 3.20. The lowest BCUT2D eigenvalue weighted by Gasteiger charge is -2.01. The molecule has 0 saturated carbocycles. The van der Waals surface area contributed by atoms with Crippen molar-refractivity contribution in [2.75, 3.05) is 6.79 Å². The summed E-state index contributed by atoms with van der Waals surface area (Å²) in [6.45, 7) is 0.100. The molecule has 1 aromatic carbocycles. The Kier molecular flexibility index (Phi) is 2.90. The predicted octanol–water partition coefficient (Wildman–Crippen LogP) is 2.06. The molecule has 2 rings (SSSR count). The van der Waals surface area contributed by atoms with Gasteiger partial charge >= 0.3 is 5.97 Å². The zero-order chi connectivity index (χ0) is 12.4. The molecule has 5 nitrogen and oxygen atoms in total. The van der Waals surface area contributed by atoms with Crippen LogP contribution in [0.5, 0.6) is 11.5 Å². The van der Waals surface area contributed by atoms with Crippen LogP contribution in [-0.4, -0.2) is 17.9 Å². The average Bonchev–Trinajstić information content (AvgIpc) is 2.72. The number of benzene rings is 1. The van der Waals surface area contributed by atoms with Crippen LogP contribution in [0.15, 0.2) is 17.7 Å². The smallest absolute Gasteiger partial charge is 0.346 e. The van der Waals surface area contributed by atoms with Crippen molar-refractivity contribution >= 4 is 23.6 Å². The summed E-state index contributed by atoms with van der Waals surface area (Å²) in [4.78, 5) is 10.7. The highest BCUT2D eigenvalue weighted by Crippen LogP contribution is 2.37. The predicted molar refractivity (Wildman–Crippen MR) is 58.8 cm³/mol. The van der Waals surface area contributed by atoms with Crippen molar-refractivity contribution in [1.82, 2.24) is 0 Å². The van der Waals surface area contributed by atoms with E-state index in [1.807, 2.05) is 0 Å². The van der Waals surface area contributed by atoms with Gasteiger partial charge in [0, 0.05) is 6.07 Å². The molecular weight excluding hydrogens is 246 g/mol. The van der Waals surface area contributed by atoms with Crippen LogP contribution >= 0.6 is 11.6 Å². The highest BCUT2D eigenvalue weighted by atomic mass is 35.5. The van der Waals surface area contributed by atoms with Crippen LogP contribution in [0.2, 0.25) is 5.02 Å². The Morgan fingerprint density at radius 2 is 2.12 bits per heavy atom. The maximum Gasteiger partial charge on any atom is 0.346 e. The zero-order valence-electron chi connectivity index (χ0n) is 8.44. The quantitative estimate of drug-likeness (QED) is 0.643. The molecule has 1 aromatic rings. The van der Waals surface area contributed by atoms with Crippen molar-refractivity contribution in [3.05, 3.63) is 28.3 Å². The molecule has 86 valence electrons. The van der Waals surface area contributed by atoms with E-state index in [0.29, 0.717) is 22.1 Å². The Morgan fingerprint density at radius 1 is 1.47 bits per heavy atom. The third-order valence-electron chi connectivity index (χ3n) is 2.14. The number of carboxylic acids is 1. The average molecular weight is 252 g/mol. The minimum Gasteiger partial charge on any atom is -0.477 e. The molecule has 0 unspecified atom stereocenters. The van der Waals surface area contributed by atoms with Crippen LogP contribution in [0.25, 0.3) is 6.08 Å². The molecule has 1 heterocycles. The molecule has 0 atom stereocenters. The minimum absolute atomic E-state index is 0.100. The summed E-state index contributed by atoms with van der Waals surface area (Å²) < 4.78 is 10.2. The van der Waals surface area contributed by atoms with E-state index in [9.17, 15) is 4.79 Å². The molecule has 0 bridgehead atoms. The number of ether oxygens (including phenoxy) is 2. The Labute approximate surface area is 101 Å². The fourth-order valence-corrected chi connectivity index (χ4v) is 1.55. The number of hydrogen-bond donors (Lipinski definition) is 1. The summed E-state index contributed by atoms with van der Waals surface area (Å²) >= 11 is 5.93. The second-order valence-corrected chi connectivity index (χ2v) is 3.61. The topological polar surface area (TPSA) is 79.5 Å². The molecule has 1 aliphatic rings. The highest BCUT2D eigenvalue weighted by Gasteiger charge is 2.16. The van der Waals surface area contributed by atoms with Gasteiger partial charge in [0.1, 0.15) is 11.6 Å². The minimum atomic E-state index is -1.30. The molecule has 0 aromatic heterocycles. The van der Waals surface area contributed by atoms with E-state index in [1.54, 1.807) is 6.07 Å². The summed E-state index contributed by atoms with van der Waals surface area (Å²) in [7, 11) is 0. The van der Waals surface area contributed by atoms with Gasteiger partial charge in [-0.25, -0.2) is 4.79 Å². The monoisotopic (exact) mass is 251 g/mol. The summed E-state index contributed by atoms with van der Waals surface area (Å²) in [5.74, 6) is -0.328. The van der Waals surface area contributed by atoms with Gasteiger partial charge in [-0.3, -0.25) is 0 Å². The SMILES string of the molecule is N#CC(=Cc1cc2c(cc1Cl)OCO2)C(=O)O. The molecule has 17 heavy (non-hydrogen) atoms. The van der Waals surface area contributed by atoms with Crippen molar-refractivity contribution in [2.45, 2.75) is 0 Å². The first-order chi connectivity index (χ1) is 8.11. The van der Waals surface area contributed by atoms with Crippen LogP contribution < -0.4 is 9.47 Å². The van der Waals surface area contributed by atoms with E-state index < -0.39 is 11.5 Å². The largest absolute Gasteiger partial charge is 0.477 e. The molecule has 1 aliphatic heterocycles. The molecule has 0 radical (unpaired) electrons. The third kappa shape index (κ3) is 2.17. The molecule has 0 spiro atoms. The van der Waals surface area contributed by atoms with Crippen LogP contribution in [0.4, 0.5) is 0 Å². The first-order valence-electron chi connectivity index (χ1n) is 4.56. The van der Waals surface area contributed by atoms with E-state index in [-0.39, 0.29) is 6.79 Å². The van der Waals surface area contributed by atoms with Crippen molar-refractivity contribution in [3.63, 3.8) is 0 Å². The maximum atomic E-state index is 10.7. The summed E-state index contributed by atoms with van der Waals surface area (Å²) in [5, 5.41) is 17.7. The van der Waals surface area contributed by atoms with E-state index in [1.165, 1.54) is 18.2 Å². The van der Waals surface area contributed by atoms with Gasteiger partial charge in [-0.15, -0.1) is 0 Å². The van der Waals surface area contributed by atoms with Gasteiger partial charge in [0.2, 0.25) is 6.79 Å². The number of fused-ring (bicyclic) bond motifs is 1. The number of carboxylic acid groups (broad SMARTS) is 1. The van der Waals surface area contributed by atoms with Gasteiger partial charge in [-0.1, -0.05) is 11.6 Å². The van der Waals surface area contributed by atoms with Gasteiger partial charge in [-0.05, 0) is 17.7 Å².